The molecule has 0 N–H and O–H groups in total. The first-order valence-electron chi connectivity index (χ1n) is 9.54. The largest absolute Gasteiger partial charge is 0.479 e. The highest BCUT2D eigenvalue weighted by Crippen LogP contribution is 2.32. The molecule has 0 bridgehead atoms. The minimum absolute atomic E-state index is 0.0696. The van der Waals surface area contributed by atoms with Gasteiger partial charge < -0.3 is 19.3 Å². The molecule has 1 unspecified atom stereocenters. The monoisotopic (exact) mass is 444 g/mol. The Labute approximate surface area is 180 Å². The van der Waals surface area contributed by atoms with E-state index in [1.165, 1.54) is 4.90 Å². The highest BCUT2D eigenvalue weighted by molar-refractivity contribution is 6.42. The third-order valence-electron chi connectivity index (χ3n) is 4.78. The van der Waals surface area contributed by atoms with E-state index in [0.717, 1.165) is 0 Å². The van der Waals surface area contributed by atoms with Crippen molar-refractivity contribution in [2.24, 2.45) is 5.92 Å². The zero-order valence-corrected chi connectivity index (χ0v) is 18.3. The van der Waals surface area contributed by atoms with Gasteiger partial charge in [-0.15, -0.1) is 0 Å². The molecule has 1 aromatic carbocycles. The summed E-state index contributed by atoms with van der Waals surface area (Å²) in [6.07, 6.45) is 0.294. The van der Waals surface area contributed by atoms with Crippen LogP contribution in [-0.2, 0) is 19.1 Å². The Bertz CT molecular complexity index is 750. The predicted molar refractivity (Wildman–Crippen MR) is 110 cm³/mol. The summed E-state index contributed by atoms with van der Waals surface area (Å²) in [4.78, 5) is 39.9. The topological polar surface area (TPSA) is 76.2 Å². The van der Waals surface area contributed by atoms with Crippen LogP contribution in [-0.4, -0.2) is 67.0 Å². The summed E-state index contributed by atoms with van der Waals surface area (Å²) >= 11 is 12.0. The number of benzene rings is 1. The standard InChI is InChI=1S/C20H26Cl2N2O5/c1-4-28-20(27)14-8-10-24(11-9-14)17(25)12-23(3)19(26)13(2)29-16-7-5-6-15(21)18(16)22/h5-7,13-14H,4,8-12H2,1-3H3. The van der Waals surface area contributed by atoms with Crippen LogP contribution < -0.4 is 4.74 Å². The third kappa shape index (κ3) is 6.24. The number of esters is 1. The van der Waals surface area contributed by atoms with Gasteiger partial charge in [-0.1, -0.05) is 29.3 Å². The lowest BCUT2D eigenvalue weighted by Crippen LogP contribution is -2.47. The lowest BCUT2D eigenvalue weighted by Gasteiger charge is -2.32. The van der Waals surface area contributed by atoms with Gasteiger partial charge in [-0.2, -0.15) is 0 Å². The molecule has 1 aliphatic rings. The zero-order chi connectivity index (χ0) is 21.6. The van der Waals surface area contributed by atoms with Crippen molar-refractivity contribution in [3.63, 3.8) is 0 Å². The first-order chi connectivity index (χ1) is 13.7. The Morgan fingerprint density at radius 1 is 1.24 bits per heavy atom. The molecule has 1 saturated heterocycles. The average molecular weight is 445 g/mol. The van der Waals surface area contributed by atoms with Gasteiger partial charge in [-0.05, 0) is 38.8 Å². The molecule has 29 heavy (non-hydrogen) atoms. The number of amides is 2. The zero-order valence-electron chi connectivity index (χ0n) is 16.8. The number of piperidine rings is 1. The smallest absolute Gasteiger partial charge is 0.309 e. The molecule has 1 atom stereocenters. The maximum absolute atomic E-state index is 12.6. The predicted octanol–water partition coefficient (Wildman–Crippen LogP) is 3.02. The molecule has 1 fully saturated rings. The van der Waals surface area contributed by atoms with Crippen LogP contribution in [0.15, 0.2) is 18.2 Å². The number of ether oxygens (including phenoxy) is 2. The van der Waals surface area contributed by atoms with E-state index in [0.29, 0.717) is 43.3 Å². The molecular weight excluding hydrogens is 419 g/mol. The Balaban J connectivity index is 1.85. The highest BCUT2D eigenvalue weighted by Gasteiger charge is 2.30. The fourth-order valence-corrected chi connectivity index (χ4v) is 3.47. The fourth-order valence-electron chi connectivity index (χ4n) is 3.13. The van der Waals surface area contributed by atoms with Gasteiger partial charge in [-0.3, -0.25) is 14.4 Å². The van der Waals surface area contributed by atoms with Gasteiger partial charge in [0.05, 0.1) is 24.1 Å². The molecular formula is C20H26Cl2N2O5. The number of rotatable bonds is 7. The molecule has 1 aromatic rings. The summed E-state index contributed by atoms with van der Waals surface area (Å²) in [5.74, 6) is -0.598. The molecule has 160 valence electrons. The van der Waals surface area contributed by atoms with Crippen molar-refractivity contribution in [3.8, 4) is 5.75 Å². The quantitative estimate of drug-likeness (QED) is 0.604. The summed E-state index contributed by atoms with van der Waals surface area (Å²) in [6, 6.07) is 4.92. The number of likely N-dealkylation sites (tertiary alicyclic amines) is 1. The minimum atomic E-state index is -0.835. The molecule has 0 radical (unpaired) electrons. The Morgan fingerprint density at radius 3 is 2.52 bits per heavy atom. The molecule has 1 heterocycles. The van der Waals surface area contributed by atoms with Crippen LogP contribution in [0.3, 0.4) is 0 Å². The van der Waals surface area contributed by atoms with Crippen LogP contribution in [0.4, 0.5) is 0 Å². The van der Waals surface area contributed by atoms with Gasteiger partial charge in [-0.25, -0.2) is 0 Å². The van der Waals surface area contributed by atoms with E-state index in [4.69, 9.17) is 32.7 Å². The van der Waals surface area contributed by atoms with Crippen LogP contribution in [0.25, 0.3) is 0 Å². The van der Waals surface area contributed by atoms with Crippen molar-refractivity contribution >= 4 is 41.0 Å². The summed E-state index contributed by atoms with van der Waals surface area (Å²) < 4.78 is 10.7. The molecule has 0 aromatic heterocycles. The van der Waals surface area contributed by atoms with Crippen LogP contribution in [0.5, 0.6) is 5.75 Å². The second-order valence-corrected chi connectivity index (χ2v) is 7.70. The van der Waals surface area contributed by atoms with Crippen LogP contribution in [0.1, 0.15) is 26.7 Å². The van der Waals surface area contributed by atoms with E-state index in [9.17, 15) is 14.4 Å². The first kappa shape index (κ1) is 23.3. The Morgan fingerprint density at radius 2 is 1.90 bits per heavy atom. The third-order valence-corrected chi connectivity index (χ3v) is 5.59. The number of carbonyl (C=O) groups excluding carboxylic acids is 3. The second-order valence-electron chi connectivity index (χ2n) is 6.91. The first-order valence-corrected chi connectivity index (χ1v) is 10.3. The van der Waals surface area contributed by atoms with Crippen molar-refractivity contribution in [1.82, 2.24) is 9.80 Å². The van der Waals surface area contributed by atoms with Crippen molar-refractivity contribution in [2.75, 3.05) is 33.3 Å². The SMILES string of the molecule is CCOC(=O)C1CCN(C(=O)CN(C)C(=O)C(C)Oc2cccc(Cl)c2Cl)CC1. The van der Waals surface area contributed by atoms with Crippen LogP contribution in [0, 0.1) is 5.92 Å². The van der Waals surface area contributed by atoms with Crippen molar-refractivity contribution in [3.05, 3.63) is 28.2 Å². The van der Waals surface area contributed by atoms with E-state index in [2.05, 4.69) is 0 Å². The van der Waals surface area contributed by atoms with Crippen molar-refractivity contribution in [2.45, 2.75) is 32.8 Å². The lowest BCUT2D eigenvalue weighted by molar-refractivity contribution is -0.151. The fraction of sp³-hybridized carbons (Fsp3) is 0.550. The number of carbonyl (C=O) groups is 3. The number of hydrogen-bond donors (Lipinski definition) is 0. The average Bonchev–Trinajstić information content (AvgIpc) is 2.71. The Kier molecular flexibility index (Phi) is 8.59. The molecule has 0 saturated carbocycles. The van der Waals surface area contributed by atoms with Gasteiger partial charge in [0.1, 0.15) is 10.8 Å². The lowest BCUT2D eigenvalue weighted by atomic mass is 9.97. The molecule has 2 rings (SSSR count). The van der Waals surface area contributed by atoms with E-state index < -0.39 is 6.10 Å². The van der Waals surface area contributed by atoms with Crippen LogP contribution in [0.2, 0.25) is 10.0 Å². The van der Waals surface area contributed by atoms with E-state index in [1.807, 2.05) is 0 Å². The summed E-state index contributed by atoms with van der Waals surface area (Å²) in [5, 5.41) is 0.565. The van der Waals surface area contributed by atoms with Gasteiger partial charge >= 0.3 is 5.97 Å². The highest BCUT2D eigenvalue weighted by atomic mass is 35.5. The number of nitrogens with zero attached hydrogens (tertiary/aromatic N) is 2. The van der Waals surface area contributed by atoms with E-state index in [1.54, 1.807) is 44.0 Å². The number of hydrogen-bond acceptors (Lipinski definition) is 5. The molecule has 1 aliphatic heterocycles. The van der Waals surface area contributed by atoms with Crippen molar-refractivity contribution in [1.29, 1.82) is 0 Å². The van der Waals surface area contributed by atoms with Crippen LogP contribution >= 0.6 is 23.2 Å². The van der Waals surface area contributed by atoms with Gasteiger partial charge in [0, 0.05) is 20.1 Å². The van der Waals surface area contributed by atoms with E-state index >= 15 is 0 Å². The molecule has 2 amide bonds. The van der Waals surface area contributed by atoms with Gasteiger partial charge in [0.15, 0.2) is 6.10 Å². The Hall–Kier alpha value is -1.99. The van der Waals surface area contributed by atoms with Gasteiger partial charge in [0.2, 0.25) is 5.91 Å². The second kappa shape index (κ2) is 10.7. The summed E-state index contributed by atoms with van der Waals surface area (Å²) in [7, 11) is 1.55. The maximum atomic E-state index is 12.6. The molecule has 0 aliphatic carbocycles. The minimum Gasteiger partial charge on any atom is -0.479 e. The van der Waals surface area contributed by atoms with Gasteiger partial charge in [0.25, 0.3) is 5.91 Å². The van der Waals surface area contributed by atoms with Crippen molar-refractivity contribution < 1.29 is 23.9 Å². The van der Waals surface area contributed by atoms with E-state index in [-0.39, 0.29) is 35.3 Å². The summed E-state index contributed by atoms with van der Waals surface area (Å²) in [6.45, 7) is 4.58. The molecule has 9 heteroatoms. The normalized spacial score (nSPS) is 15.6. The number of likely N-dealkylation sites (N-methyl/N-ethyl adjacent to an activating group) is 1. The molecule has 7 nitrogen and oxygen atoms in total. The number of halogens is 2. The summed E-state index contributed by atoms with van der Waals surface area (Å²) in [5.41, 5.74) is 0. The molecule has 0 spiro atoms. The maximum Gasteiger partial charge on any atom is 0.309 e.